The van der Waals surface area contributed by atoms with E-state index in [1.807, 2.05) is 0 Å². The highest BCUT2D eigenvalue weighted by molar-refractivity contribution is 5.98. The highest BCUT2D eigenvalue weighted by Crippen LogP contribution is 2.29. The molecule has 0 radical (unpaired) electrons. The zero-order valence-corrected chi connectivity index (χ0v) is 9.17. The second-order valence-electron chi connectivity index (χ2n) is 4.08. The summed E-state index contributed by atoms with van der Waals surface area (Å²) >= 11 is 0. The Kier molecular flexibility index (Phi) is 2.99. The molecule has 0 atom stereocenters. The molecular formula is C12H13NO4. The Bertz CT molecular complexity index is 454. The first-order chi connectivity index (χ1) is 8.09. The number of carboxylic acid groups (broad SMARTS) is 1. The normalized spacial score (nSPS) is 14.4. The number of amides is 1. The second-order valence-corrected chi connectivity index (χ2v) is 4.08. The molecule has 0 saturated heterocycles. The summed E-state index contributed by atoms with van der Waals surface area (Å²) in [6.07, 6.45) is 1.65. The van der Waals surface area contributed by atoms with Gasteiger partial charge in [-0.25, -0.2) is 0 Å². The van der Waals surface area contributed by atoms with Crippen molar-refractivity contribution in [3.8, 4) is 5.75 Å². The predicted molar refractivity (Wildman–Crippen MR) is 59.8 cm³/mol. The third kappa shape index (κ3) is 2.55. The number of hydrogen-bond donors (Lipinski definition) is 2. The van der Waals surface area contributed by atoms with E-state index in [0.717, 1.165) is 12.8 Å². The maximum Gasteiger partial charge on any atom is 0.323 e. The van der Waals surface area contributed by atoms with Crippen LogP contribution in [0.4, 0.5) is 0 Å². The van der Waals surface area contributed by atoms with Crippen molar-refractivity contribution < 1.29 is 19.8 Å². The molecule has 17 heavy (non-hydrogen) atoms. The van der Waals surface area contributed by atoms with Gasteiger partial charge in [-0.05, 0) is 25.0 Å². The third-order valence-corrected chi connectivity index (χ3v) is 2.69. The molecule has 1 amide bonds. The van der Waals surface area contributed by atoms with Crippen LogP contribution in [0.2, 0.25) is 0 Å². The Morgan fingerprint density at radius 1 is 1.29 bits per heavy atom. The Morgan fingerprint density at radius 3 is 2.47 bits per heavy atom. The van der Waals surface area contributed by atoms with Gasteiger partial charge in [0, 0.05) is 6.04 Å². The van der Waals surface area contributed by atoms with Crippen LogP contribution in [0.3, 0.4) is 0 Å². The number of carbonyl (C=O) groups is 2. The molecule has 1 aliphatic rings. The summed E-state index contributed by atoms with van der Waals surface area (Å²) in [5.41, 5.74) is 0.153. The Hall–Kier alpha value is -2.04. The summed E-state index contributed by atoms with van der Waals surface area (Å²) in [4.78, 5) is 24.1. The average Bonchev–Trinajstić information content (AvgIpc) is 3.09. The fourth-order valence-corrected chi connectivity index (χ4v) is 1.71. The van der Waals surface area contributed by atoms with E-state index in [-0.39, 0.29) is 23.9 Å². The number of para-hydroxylation sites is 1. The van der Waals surface area contributed by atoms with Crippen LogP contribution in [0.1, 0.15) is 23.2 Å². The quantitative estimate of drug-likeness (QED) is 0.818. The lowest BCUT2D eigenvalue weighted by molar-refractivity contribution is -0.137. The van der Waals surface area contributed by atoms with Crippen molar-refractivity contribution >= 4 is 11.9 Å². The van der Waals surface area contributed by atoms with Gasteiger partial charge in [-0.2, -0.15) is 0 Å². The van der Waals surface area contributed by atoms with Crippen LogP contribution in [-0.4, -0.2) is 39.6 Å². The first-order valence-corrected chi connectivity index (χ1v) is 5.40. The number of carbonyl (C=O) groups excluding carboxylic acids is 1. The molecule has 2 rings (SSSR count). The predicted octanol–water partition coefficient (Wildman–Crippen LogP) is 1.08. The summed E-state index contributed by atoms with van der Waals surface area (Å²) in [5, 5.41) is 18.3. The number of carboxylic acids is 1. The molecule has 0 aromatic heterocycles. The molecule has 0 heterocycles. The maximum absolute atomic E-state index is 12.1. The number of phenols is 1. The highest BCUT2D eigenvalue weighted by atomic mass is 16.4. The average molecular weight is 235 g/mol. The fraction of sp³-hybridized carbons (Fsp3) is 0.333. The van der Waals surface area contributed by atoms with Crippen molar-refractivity contribution in [1.29, 1.82) is 0 Å². The monoisotopic (exact) mass is 235 g/mol. The van der Waals surface area contributed by atoms with Gasteiger partial charge in [-0.3, -0.25) is 9.59 Å². The SMILES string of the molecule is O=C(O)CN(C(=O)c1ccccc1O)C1CC1. The minimum absolute atomic E-state index is 0.00166. The second kappa shape index (κ2) is 4.45. The summed E-state index contributed by atoms with van der Waals surface area (Å²) in [7, 11) is 0. The van der Waals surface area contributed by atoms with Gasteiger partial charge in [0.25, 0.3) is 5.91 Å². The zero-order valence-electron chi connectivity index (χ0n) is 9.17. The fourth-order valence-electron chi connectivity index (χ4n) is 1.71. The van der Waals surface area contributed by atoms with E-state index in [9.17, 15) is 14.7 Å². The van der Waals surface area contributed by atoms with Crippen LogP contribution in [0, 0.1) is 0 Å². The van der Waals surface area contributed by atoms with Gasteiger partial charge in [0.05, 0.1) is 5.56 Å². The van der Waals surface area contributed by atoms with Crippen LogP contribution in [-0.2, 0) is 4.79 Å². The number of aromatic hydroxyl groups is 1. The van der Waals surface area contributed by atoms with Gasteiger partial charge >= 0.3 is 5.97 Å². The van der Waals surface area contributed by atoms with Crippen LogP contribution < -0.4 is 0 Å². The number of nitrogens with zero attached hydrogens (tertiary/aromatic N) is 1. The summed E-state index contributed by atoms with van der Waals surface area (Å²) in [6.45, 7) is -0.322. The molecule has 1 saturated carbocycles. The van der Waals surface area contributed by atoms with Crippen LogP contribution in [0.5, 0.6) is 5.75 Å². The van der Waals surface area contributed by atoms with Gasteiger partial charge in [-0.15, -0.1) is 0 Å². The summed E-state index contributed by atoms with van der Waals surface area (Å²) in [6, 6.07) is 6.16. The number of rotatable bonds is 4. The van der Waals surface area contributed by atoms with Gasteiger partial charge in [0.1, 0.15) is 12.3 Å². The Morgan fingerprint density at radius 2 is 1.94 bits per heavy atom. The van der Waals surface area contributed by atoms with Gasteiger partial charge in [0.15, 0.2) is 0 Å². The number of phenolic OH excluding ortho intramolecular Hbond substituents is 1. The van der Waals surface area contributed by atoms with E-state index in [2.05, 4.69) is 0 Å². The maximum atomic E-state index is 12.1. The van der Waals surface area contributed by atoms with Gasteiger partial charge < -0.3 is 15.1 Å². The number of aliphatic carboxylic acids is 1. The molecule has 5 nitrogen and oxygen atoms in total. The minimum Gasteiger partial charge on any atom is -0.507 e. The lowest BCUT2D eigenvalue weighted by Crippen LogP contribution is -2.37. The van der Waals surface area contributed by atoms with Gasteiger partial charge in [-0.1, -0.05) is 12.1 Å². The Labute approximate surface area is 98.3 Å². The van der Waals surface area contributed by atoms with E-state index in [4.69, 9.17) is 5.11 Å². The standard InChI is InChI=1S/C12H13NO4/c14-10-4-2-1-3-9(10)12(17)13(7-11(15)16)8-5-6-8/h1-4,8,14H,5-7H2,(H,15,16). The molecule has 1 aromatic carbocycles. The van der Waals surface area contributed by atoms with Crippen molar-refractivity contribution in [2.24, 2.45) is 0 Å². The molecule has 1 aliphatic carbocycles. The molecule has 2 N–H and O–H groups in total. The van der Waals surface area contributed by atoms with Crippen molar-refractivity contribution in [3.63, 3.8) is 0 Å². The van der Waals surface area contributed by atoms with Gasteiger partial charge in [0.2, 0.25) is 0 Å². The lowest BCUT2D eigenvalue weighted by Gasteiger charge is -2.20. The third-order valence-electron chi connectivity index (χ3n) is 2.69. The molecule has 0 spiro atoms. The molecule has 90 valence electrons. The first kappa shape index (κ1) is 11.4. The smallest absolute Gasteiger partial charge is 0.323 e. The van der Waals surface area contributed by atoms with E-state index in [1.54, 1.807) is 12.1 Å². The minimum atomic E-state index is -1.04. The molecule has 5 heteroatoms. The number of hydrogen-bond acceptors (Lipinski definition) is 3. The van der Waals surface area contributed by atoms with E-state index < -0.39 is 11.9 Å². The highest BCUT2D eigenvalue weighted by Gasteiger charge is 2.34. The van der Waals surface area contributed by atoms with Crippen molar-refractivity contribution in [1.82, 2.24) is 4.90 Å². The molecule has 1 fully saturated rings. The van der Waals surface area contributed by atoms with Crippen LogP contribution in [0.25, 0.3) is 0 Å². The largest absolute Gasteiger partial charge is 0.507 e. The molecule has 0 bridgehead atoms. The molecule has 0 unspecified atom stereocenters. The number of benzene rings is 1. The summed E-state index contributed by atoms with van der Waals surface area (Å²) < 4.78 is 0. The lowest BCUT2D eigenvalue weighted by atomic mass is 10.1. The zero-order chi connectivity index (χ0) is 12.4. The van der Waals surface area contributed by atoms with Crippen LogP contribution >= 0.6 is 0 Å². The Balaban J connectivity index is 2.22. The molecule has 1 aromatic rings. The topological polar surface area (TPSA) is 77.8 Å². The van der Waals surface area contributed by atoms with Crippen molar-refractivity contribution in [2.75, 3.05) is 6.54 Å². The van der Waals surface area contributed by atoms with Crippen molar-refractivity contribution in [3.05, 3.63) is 29.8 Å². The summed E-state index contributed by atoms with van der Waals surface area (Å²) in [5.74, 6) is -1.58. The molecular weight excluding hydrogens is 222 g/mol. The molecule has 0 aliphatic heterocycles. The van der Waals surface area contributed by atoms with E-state index >= 15 is 0 Å². The van der Waals surface area contributed by atoms with E-state index in [1.165, 1.54) is 17.0 Å². The van der Waals surface area contributed by atoms with E-state index in [0.29, 0.717) is 0 Å². The van der Waals surface area contributed by atoms with Crippen LogP contribution in [0.15, 0.2) is 24.3 Å². The van der Waals surface area contributed by atoms with Crippen molar-refractivity contribution in [2.45, 2.75) is 18.9 Å². The first-order valence-electron chi connectivity index (χ1n) is 5.40.